The molecule has 0 unspecified atom stereocenters. The summed E-state index contributed by atoms with van der Waals surface area (Å²) in [6.07, 6.45) is 26.9. The Kier molecular flexibility index (Phi) is 61.3. The van der Waals surface area contributed by atoms with Gasteiger partial charge in [0.15, 0.2) is 29.3 Å². The molecule has 0 bridgehead atoms. The molecule has 0 amide bonds. The fourth-order valence-corrected chi connectivity index (χ4v) is 10.4. The highest BCUT2D eigenvalue weighted by molar-refractivity contribution is 7.11. The van der Waals surface area contributed by atoms with Crippen molar-refractivity contribution < 1.29 is 35.8 Å². The molecule has 0 aliphatic heterocycles. The lowest BCUT2D eigenvalue weighted by Gasteiger charge is -1.89. The lowest BCUT2D eigenvalue weighted by atomic mass is 10.3. The zero-order valence-electron chi connectivity index (χ0n) is 88.2. The molecule has 0 fully saturated rings. The first-order chi connectivity index (χ1) is 65.5. The summed E-state index contributed by atoms with van der Waals surface area (Å²) in [6, 6.07) is 21.7. The fourth-order valence-electron chi connectivity index (χ4n) is 9.15. The van der Waals surface area contributed by atoms with Crippen LogP contribution in [0.1, 0.15) is 204 Å². The molecular weight excluding hydrogens is 1800 g/mol. The molecule has 139 heavy (non-hydrogen) atoms. The van der Waals surface area contributed by atoms with Gasteiger partial charge in [-0.25, -0.2) is 54.8 Å². The number of rotatable bonds is 0. The molecule has 0 aliphatic rings. The van der Waals surface area contributed by atoms with Gasteiger partial charge >= 0.3 is 0 Å². The summed E-state index contributed by atoms with van der Waals surface area (Å²) >= 11 is 3.42. The maximum Gasteiger partial charge on any atom is 0.223 e. The molecule has 19 aromatic rings. The van der Waals surface area contributed by atoms with E-state index in [1.165, 1.54) is 16.0 Å². The second-order valence-corrected chi connectivity index (χ2v) is 33.5. The average Bonchev–Trinajstić information content (AvgIpc) is 1.32. The van der Waals surface area contributed by atoms with Crippen LogP contribution in [0, 0.1) is 249 Å². The van der Waals surface area contributed by atoms with Crippen LogP contribution < -0.4 is 0 Å². The minimum atomic E-state index is 0.623. The third-order valence-electron chi connectivity index (χ3n) is 15.5. The quantitative estimate of drug-likeness (QED) is 0.147. The van der Waals surface area contributed by atoms with Gasteiger partial charge in [0.1, 0.15) is 64.6 Å². The van der Waals surface area contributed by atoms with Gasteiger partial charge in [0.05, 0.1) is 80.0 Å². The molecule has 0 saturated heterocycles. The van der Waals surface area contributed by atoms with E-state index in [0.717, 1.165) is 165 Å². The second-order valence-electron chi connectivity index (χ2n) is 31.0. The van der Waals surface area contributed by atoms with Crippen molar-refractivity contribution in [1.29, 1.82) is 0 Å². The third-order valence-corrected chi connectivity index (χ3v) is 17.2. The van der Waals surface area contributed by atoms with E-state index in [1.54, 1.807) is 98.8 Å². The van der Waals surface area contributed by atoms with Crippen LogP contribution in [-0.4, -0.2) is 140 Å². The van der Waals surface area contributed by atoms with Crippen molar-refractivity contribution in [2.75, 3.05) is 0 Å². The summed E-state index contributed by atoms with van der Waals surface area (Å²) in [5, 5.41) is 37.0. The molecule has 0 aromatic carbocycles. The summed E-state index contributed by atoms with van der Waals surface area (Å²) < 4.78 is 42.1. The molecule has 1 N–H and O–H groups in total. The minimum Gasteiger partial charge on any atom is -0.467 e. The number of oxazole rings is 3. The van der Waals surface area contributed by atoms with E-state index in [9.17, 15) is 0 Å². The van der Waals surface area contributed by atoms with Crippen LogP contribution >= 0.6 is 22.7 Å². The number of aromatic nitrogens is 28. The normalized spacial score (nSPS) is 9.37. The third kappa shape index (κ3) is 68.7. The van der Waals surface area contributed by atoms with Gasteiger partial charge in [0.2, 0.25) is 11.8 Å². The Bertz CT molecular complexity index is 4670. The van der Waals surface area contributed by atoms with Gasteiger partial charge < -0.3 is 40.3 Å². The Morgan fingerprint density at radius 2 is 0.719 bits per heavy atom. The van der Waals surface area contributed by atoms with E-state index < -0.39 is 0 Å². The summed E-state index contributed by atoms with van der Waals surface area (Å²) in [4.78, 5) is 68.7. The van der Waals surface area contributed by atoms with Crippen LogP contribution in [0.25, 0.3) is 0 Å². The van der Waals surface area contributed by atoms with Crippen LogP contribution in [-0.2, 0) is 14.1 Å². The molecular formula is C101H142N28O8S2. The number of pyridine rings is 2. The first-order valence-electron chi connectivity index (χ1n) is 43.9. The van der Waals surface area contributed by atoms with Crippen LogP contribution in [0.3, 0.4) is 0 Å². The molecule has 19 rings (SSSR count). The van der Waals surface area contributed by atoms with Gasteiger partial charge in [-0.15, -0.1) is 22.7 Å². The van der Waals surface area contributed by atoms with Crippen molar-refractivity contribution in [2.24, 2.45) is 14.1 Å². The maximum atomic E-state index is 5.08. The summed E-state index contributed by atoms with van der Waals surface area (Å²) in [5.41, 5.74) is 17.9. The molecule has 36 nitrogen and oxygen atoms in total. The number of hydrogen-bond donors (Lipinski definition) is 1. The van der Waals surface area contributed by atoms with Gasteiger partial charge in [0.25, 0.3) is 0 Å². The standard InChI is InChI=1S/2C7H9N.4C6H8N2.C6H8O.2C5H8N2.5C5H7NO.2C5H7NS.C4H7N3.2C4H6N2O/c2*1-6-3-4-7(2)8-5-6;1-5-3-8-6(2)4-7-5;2*1-5-3-7-6(2)8-4-5;1-5-3-4-6(2)8-7-5;1-5-3-4-6(2)7-5;1-5-3-7(2)4-6-5;1-4-3-5(2)7-6-4;1-4-3-7-5(2)6-4;2*1-4-3-6-5(2)7-4;2*1-4-3-5(2)7-6-4;1-4-3-7-5(2)6-4;1-4-3-6-5(2)7-4;1-4-5-3-7(2)6-4;2*1-3-5-4(2)7-6-3/h2*3-5H,1-2H3;4*3-4H,1-2H3;2*3-4H,1-2H3;3H,1-2H3,(H,6,7);8*3H,1-2H3;2*1-2H3. The molecule has 19 aromatic heterocycles. The second kappa shape index (κ2) is 69.8. The highest BCUT2D eigenvalue weighted by Gasteiger charge is 1.98. The van der Waals surface area contributed by atoms with Crippen molar-refractivity contribution in [3.8, 4) is 0 Å². The Morgan fingerprint density at radius 3 is 0.863 bits per heavy atom. The van der Waals surface area contributed by atoms with Crippen molar-refractivity contribution in [1.82, 2.24) is 140 Å². The van der Waals surface area contributed by atoms with Crippen molar-refractivity contribution in [3.05, 3.63) is 370 Å². The van der Waals surface area contributed by atoms with Gasteiger partial charge in [-0.05, 0) is 279 Å². The average molecular weight is 1940 g/mol. The number of imidazole rings is 1. The molecule has 0 aliphatic carbocycles. The Labute approximate surface area is 826 Å². The zero-order chi connectivity index (χ0) is 104. The number of furan rings is 1. The summed E-state index contributed by atoms with van der Waals surface area (Å²) in [5.74, 6) is 12.8. The zero-order valence-corrected chi connectivity index (χ0v) is 89.9. The van der Waals surface area contributed by atoms with E-state index >= 15 is 0 Å². The molecule has 0 atom stereocenters. The largest absolute Gasteiger partial charge is 0.467 e. The van der Waals surface area contributed by atoms with Gasteiger partial charge in [-0.3, -0.25) is 29.7 Å². The number of nitrogens with zero attached hydrogens (tertiary/aromatic N) is 27. The molecule has 38 heteroatoms. The first-order valence-corrected chi connectivity index (χ1v) is 45.6. The highest BCUT2D eigenvalue weighted by atomic mass is 32.1. The van der Waals surface area contributed by atoms with E-state index in [4.69, 9.17) is 26.7 Å². The van der Waals surface area contributed by atoms with Crippen LogP contribution in [0.5, 0.6) is 0 Å². The lowest BCUT2D eigenvalue weighted by Crippen LogP contribution is -1.86. The van der Waals surface area contributed by atoms with Gasteiger partial charge in [-0.1, -0.05) is 32.8 Å². The Balaban J connectivity index is 0.000000734. The highest BCUT2D eigenvalue weighted by Crippen LogP contribution is 2.10. The van der Waals surface area contributed by atoms with E-state index in [2.05, 4.69) is 164 Å². The number of nitrogens with one attached hydrogen (secondary N) is 1. The molecule has 0 radical (unpaired) electrons. The van der Waals surface area contributed by atoms with Crippen LogP contribution in [0.4, 0.5) is 0 Å². The molecule has 746 valence electrons. The van der Waals surface area contributed by atoms with Gasteiger partial charge in [-0.2, -0.15) is 30.4 Å². The van der Waals surface area contributed by atoms with Gasteiger partial charge in [0, 0.05) is 156 Å². The van der Waals surface area contributed by atoms with E-state index in [-0.39, 0.29) is 0 Å². The number of thiazole rings is 2. The molecule has 19 heterocycles. The van der Waals surface area contributed by atoms with Crippen molar-refractivity contribution in [2.45, 2.75) is 249 Å². The smallest absolute Gasteiger partial charge is 0.223 e. The van der Waals surface area contributed by atoms with E-state index in [1.807, 2.05) is 337 Å². The Morgan fingerprint density at radius 1 is 0.281 bits per heavy atom. The Hall–Kier alpha value is -15.0. The molecule has 0 spiro atoms. The minimum absolute atomic E-state index is 0.623. The van der Waals surface area contributed by atoms with E-state index in [0.29, 0.717) is 23.4 Å². The van der Waals surface area contributed by atoms with Crippen LogP contribution in [0.15, 0.2) is 201 Å². The maximum absolute atomic E-state index is 5.08. The summed E-state index contributed by atoms with van der Waals surface area (Å²) in [7, 11) is 3.81. The lowest BCUT2D eigenvalue weighted by molar-refractivity contribution is 0.389. The van der Waals surface area contributed by atoms with Crippen molar-refractivity contribution in [3.63, 3.8) is 0 Å². The topological polar surface area (TPSA) is 453 Å². The first kappa shape index (κ1) is 122. The monoisotopic (exact) mass is 1940 g/mol. The number of aromatic amines is 1. The number of H-pyrrole nitrogens is 1. The molecule has 0 saturated carbocycles. The predicted molar refractivity (Wildman–Crippen MR) is 544 cm³/mol. The number of aryl methyl sites for hydroxylation is 38. The van der Waals surface area contributed by atoms with Crippen LogP contribution in [0.2, 0.25) is 0 Å². The number of hydrogen-bond acceptors (Lipinski definition) is 35. The summed E-state index contributed by atoms with van der Waals surface area (Å²) in [6.45, 7) is 68.9. The SMILES string of the molecule is Cc1cc(C)[nH]n1.Cc1cc(C)on1.Cc1cc(C)on1.Cc1ccc(C)nc1.Cc1ccc(C)nc1.Cc1ccc(C)nn1.Cc1ccc(C)o1.Cc1cn(C)cn1.Cc1cnc(C)cn1.Cc1cnc(C)nc1.Cc1cnc(C)nc1.Cc1cnc(C)o1.Cc1cnc(C)o1.Cc1cnc(C)s1.Cc1coc(C)n1.Cc1csc(C)n1.Cc1ncn(C)n1.Cc1noc(C)n1.Cc1noc(C)n1. The predicted octanol–water partition coefficient (Wildman–Crippen LogP) is 22.9. The van der Waals surface area contributed by atoms with Crippen molar-refractivity contribution >= 4 is 22.7 Å². The fraction of sp³-hybridized carbons (Fsp3) is 0.376.